The molecule has 0 bridgehead atoms. The van der Waals surface area contributed by atoms with Crippen molar-refractivity contribution in [2.24, 2.45) is 0 Å². The van der Waals surface area contributed by atoms with Gasteiger partial charge in [-0.2, -0.15) is 0 Å². The third-order valence-electron chi connectivity index (χ3n) is 4.68. The summed E-state index contributed by atoms with van der Waals surface area (Å²) in [5.74, 6) is -1.81. The first-order valence-corrected chi connectivity index (χ1v) is 10.9. The van der Waals surface area contributed by atoms with Gasteiger partial charge in [0.05, 0.1) is 13.2 Å². The summed E-state index contributed by atoms with van der Waals surface area (Å²) in [6.07, 6.45) is 0. The molecule has 0 aliphatic heterocycles. The van der Waals surface area contributed by atoms with Crippen LogP contribution >= 0.6 is 0 Å². The summed E-state index contributed by atoms with van der Waals surface area (Å²) in [4.78, 5) is 24.5. The zero-order valence-electron chi connectivity index (χ0n) is 17.6. The number of aryl methyl sites for hydroxylation is 1. The number of hydrogen-bond donors (Lipinski definition) is 2. The number of amides is 1. The van der Waals surface area contributed by atoms with Gasteiger partial charge in [0.2, 0.25) is 15.9 Å². The van der Waals surface area contributed by atoms with Crippen LogP contribution in [-0.4, -0.2) is 38.0 Å². The number of halogens is 1. The highest BCUT2D eigenvalue weighted by Gasteiger charge is 2.32. The van der Waals surface area contributed by atoms with Crippen LogP contribution in [0.3, 0.4) is 0 Å². The summed E-state index contributed by atoms with van der Waals surface area (Å²) in [7, 11) is -4.19. The molecule has 1 heterocycles. The van der Waals surface area contributed by atoms with Crippen LogP contribution in [0.15, 0.2) is 23.1 Å². The average Bonchev–Trinajstić information content (AvgIpc) is 2.93. The normalized spacial score (nSPS) is 11.4. The molecule has 30 heavy (non-hydrogen) atoms. The number of esters is 1. The molecule has 0 radical (unpaired) electrons. The standard InChI is InChI=1S/C20H26FN3O5S/c1-6-24-13(4)18(20(26)29-7-2)19(14(24)5)30(27,28)22-11-17(25)23-16-9-8-15(21)10-12(16)3/h8-10,22H,6-7,11H2,1-5H3,(H,23,25). The van der Waals surface area contributed by atoms with E-state index in [1.54, 1.807) is 32.3 Å². The molecule has 8 nitrogen and oxygen atoms in total. The summed E-state index contributed by atoms with van der Waals surface area (Å²) < 4.78 is 48.1. The van der Waals surface area contributed by atoms with Gasteiger partial charge in [-0.15, -0.1) is 0 Å². The number of carbonyl (C=O) groups excluding carboxylic acids is 2. The van der Waals surface area contributed by atoms with Crippen LogP contribution in [0.1, 0.15) is 41.2 Å². The molecule has 0 saturated carbocycles. The molecule has 0 fully saturated rings. The van der Waals surface area contributed by atoms with Crippen molar-refractivity contribution in [2.75, 3.05) is 18.5 Å². The third-order valence-corrected chi connectivity index (χ3v) is 6.24. The molecular formula is C20H26FN3O5S. The number of nitrogens with one attached hydrogen (secondary N) is 2. The number of aromatic nitrogens is 1. The van der Waals surface area contributed by atoms with Gasteiger partial charge in [-0.25, -0.2) is 22.3 Å². The SMILES string of the molecule is CCOC(=O)c1c(S(=O)(=O)NCC(=O)Nc2ccc(F)cc2C)c(C)n(CC)c1C. The Labute approximate surface area is 175 Å². The second-order valence-electron chi connectivity index (χ2n) is 6.67. The van der Waals surface area contributed by atoms with E-state index in [1.807, 2.05) is 6.92 Å². The first-order valence-electron chi connectivity index (χ1n) is 9.45. The molecular weight excluding hydrogens is 413 g/mol. The number of rotatable bonds is 8. The lowest BCUT2D eigenvalue weighted by Gasteiger charge is -2.11. The lowest BCUT2D eigenvalue weighted by atomic mass is 10.2. The molecule has 2 aromatic rings. The minimum atomic E-state index is -4.19. The number of anilines is 1. The predicted octanol–water partition coefficient (Wildman–Crippen LogP) is 2.67. The molecule has 0 aliphatic carbocycles. The van der Waals surface area contributed by atoms with Crippen LogP contribution in [0.25, 0.3) is 0 Å². The van der Waals surface area contributed by atoms with E-state index in [1.165, 1.54) is 18.2 Å². The highest BCUT2D eigenvalue weighted by molar-refractivity contribution is 7.89. The van der Waals surface area contributed by atoms with Crippen LogP contribution < -0.4 is 10.0 Å². The fraction of sp³-hybridized carbons (Fsp3) is 0.400. The van der Waals surface area contributed by atoms with Crippen molar-refractivity contribution in [1.82, 2.24) is 9.29 Å². The maximum Gasteiger partial charge on any atom is 0.341 e. The molecule has 0 saturated heterocycles. The van der Waals surface area contributed by atoms with E-state index in [0.717, 1.165) is 0 Å². The molecule has 0 unspecified atom stereocenters. The van der Waals surface area contributed by atoms with E-state index in [4.69, 9.17) is 4.74 Å². The van der Waals surface area contributed by atoms with Crippen molar-refractivity contribution in [3.8, 4) is 0 Å². The Morgan fingerprint density at radius 2 is 1.80 bits per heavy atom. The second-order valence-corrected chi connectivity index (χ2v) is 8.38. The van der Waals surface area contributed by atoms with Crippen molar-refractivity contribution >= 4 is 27.6 Å². The second kappa shape index (κ2) is 9.40. The monoisotopic (exact) mass is 439 g/mol. The fourth-order valence-electron chi connectivity index (χ4n) is 3.30. The van der Waals surface area contributed by atoms with Gasteiger partial charge < -0.3 is 14.6 Å². The Bertz CT molecular complexity index is 1080. The topological polar surface area (TPSA) is 106 Å². The minimum absolute atomic E-state index is 0.0431. The van der Waals surface area contributed by atoms with Gasteiger partial charge in [-0.1, -0.05) is 0 Å². The van der Waals surface area contributed by atoms with Crippen LogP contribution in [-0.2, 0) is 26.1 Å². The molecule has 2 N–H and O–H groups in total. The molecule has 2 rings (SSSR count). The van der Waals surface area contributed by atoms with E-state index in [-0.39, 0.29) is 17.1 Å². The molecule has 0 aliphatic rings. The first-order chi connectivity index (χ1) is 14.0. The molecule has 1 aromatic carbocycles. The van der Waals surface area contributed by atoms with Crippen molar-refractivity contribution in [3.63, 3.8) is 0 Å². The van der Waals surface area contributed by atoms with Gasteiger partial charge in [0, 0.05) is 23.6 Å². The van der Waals surface area contributed by atoms with Crippen LogP contribution in [0.2, 0.25) is 0 Å². The molecule has 1 amide bonds. The average molecular weight is 440 g/mol. The number of nitrogens with zero attached hydrogens (tertiary/aromatic N) is 1. The first kappa shape index (κ1) is 23.6. The zero-order chi connectivity index (χ0) is 22.6. The number of hydrogen-bond acceptors (Lipinski definition) is 5. The number of sulfonamides is 1. The summed E-state index contributed by atoms with van der Waals surface area (Å²) in [5, 5.41) is 2.53. The predicted molar refractivity (Wildman–Crippen MR) is 110 cm³/mol. The maximum atomic E-state index is 13.2. The summed E-state index contributed by atoms with van der Waals surface area (Å²) in [6.45, 7) is 8.32. The maximum absolute atomic E-state index is 13.2. The Hall–Kier alpha value is -2.72. The molecule has 10 heteroatoms. The van der Waals surface area contributed by atoms with E-state index in [9.17, 15) is 22.4 Å². The Kier molecular flexibility index (Phi) is 7.38. The molecule has 164 valence electrons. The highest BCUT2D eigenvalue weighted by Crippen LogP contribution is 2.27. The van der Waals surface area contributed by atoms with Crippen LogP contribution in [0.5, 0.6) is 0 Å². The Morgan fingerprint density at radius 1 is 1.13 bits per heavy atom. The van der Waals surface area contributed by atoms with Gasteiger partial charge >= 0.3 is 5.97 Å². The van der Waals surface area contributed by atoms with E-state index in [2.05, 4.69) is 10.0 Å². The largest absolute Gasteiger partial charge is 0.462 e. The molecule has 0 atom stereocenters. The number of ether oxygens (including phenoxy) is 1. The van der Waals surface area contributed by atoms with E-state index in [0.29, 0.717) is 29.2 Å². The smallest absolute Gasteiger partial charge is 0.341 e. The fourth-order valence-corrected chi connectivity index (χ4v) is 4.76. The van der Waals surface area contributed by atoms with Crippen LogP contribution in [0, 0.1) is 26.6 Å². The summed E-state index contributed by atoms with van der Waals surface area (Å²) >= 11 is 0. The lowest BCUT2D eigenvalue weighted by Crippen LogP contribution is -2.34. The molecule has 0 spiro atoms. The van der Waals surface area contributed by atoms with Crippen molar-refractivity contribution in [2.45, 2.75) is 46.1 Å². The van der Waals surface area contributed by atoms with Gasteiger partial charge in [-0.05, 0) is 58.4 Å². The van der Waals surface area contributed by atoms with Gasteiger partial charge in [0.25, 0.3) is 0 Å². The van der Waals surface area contributed by atoms with Crippen LogP contribution in [0.4, 0.5) is 10.1 Å². The highest BCUT2D eigenvalue weighted by atomic mass is 32.2. The van der Waals surface area contributed by atoms with E-state index >= 15 is 0 Å². The lowest BCUT2D eigenvalue weighted by molar-refractivity contribution is -0.115. The minimum Gasteiger partial charge on any atom is -0.462 e. The summed E-state index contributed by atoms with van der Waals surface area (Å²) in [5.41, 5.74) is 1.68. The Balaban J connectivity index is 2.28. The van der Waals surface area contributed by atoms with Crippen molar-refractivity contribution in [1.29, 1.82) is 0 Å². The van der Waals surface area contributed by atoms with Gasteiger partial charge in [-0.3, -0.25) is 4.79 Å². The van der Waals surface area contributed by atoms with Gasteiger partial charge in [0.15, 0.2) is 0 Å². The van der Waals surface area contributed by atoms with E-state index < -0.39 is 34.3 Å². The van der Waals surface area contributed by atoms with Gasteiger partial charge in [0.1, 0.15) is 16.3 Å². The Morgan fingerprint density at radius 3 is 2.37 bits per heavy atom. The van der Waals surface area contributed by atoms with Crippen molar-refractivity contribution < 1.29 is 27.1 Å². The number of benzene rings is 1. The quantitative estimate of drug-likeness (QED) is 0.615. The number of carbonyl (C=O) groups is 2. The molecule has 1 aromatic heterocycles. The third kappa shape index (κ3) is 4.88. The zero-order valence-corrected chi connectivity index (χ0v) is 18.4. The summed E-state index contributed by atoms with van der Waals surface area (Å²) in [6, 6.07) is 3.84. The van der Waals surface area contributed by atoms with Crippen molar-refractivity contribution in [3.05, 3.63) is 46.5 Å².